The van der Waals surface area contributed by atoms with Crippen LogP contribution in [0.5, 0.6) is 11.5 Å². The lowest BCUT2D eigenvalue weighted by atomic mass is 10.1. The Morgan fingerprint density at radius 3 is 2.66 bits per heavy atom. The first-order valence-electron chi connectivity index (χ1n) is 9.82. The van der Waals surface area contributed by atoms with Gasteiger partial charge in [-0.1, -0.05) is 46.8 Å². The summed E-state index contributed by atoms with van der Waals surface area (Å²) < 4.78 is 12.3. The summed E-state index contributed by atoms with van der Waals surface area (Å²) in [5.41, 5.74) is 4.02. The third kappa shape index (κ3) is 4.80. The lowest BCUT2D eigenvalue weighted by Crippen LogP contribution is -2.15. The molecule has 164 valence electrons. The average molecular weight is 451 g/mol. The number of fused-ring (bicyclic) bond motifs is 1. The number of nitrogens with zero attached hydrogens (tertiary/aromatic N) is 5. The molecule has 0 bridgehead atoms. The second-order valence-electron chi connectivity index (χ2n) is 6.99. The molecule has 1 amide bonds. The molecule has 0 radical (unpaired) electrons. The summed E-state index contributed by atoms with van der Waals surface area (Å²) in [7, 11) is 3.11. The molecule has 1 N–H and O–H groups in total. The van der Waals surface area contributed by atoms with Gasteiger partial charge in [-0.15, -0.1) is 5.10 Å². The first kappa shape index (κ1) is 21.6. The molecule has 0 aliphatic carbocycles. The molecular weight excluding hydrogens is 428 g/mol. The van der Waals surface area contributed by atoms with Gasteiger partial charge in [0.15, 0.2) is 11.2 Å². The van der Waals surface area contributed by atoms with Crippen LogP contribution >= 0.6 is 11.8 Å². The fraction of sp³-hybridized carbons (Fsp3) is 0.227. The number of benzene rings is 2. The lowest BCUT2D eigenvalue weighted by molar-refractivity contribution is -0.113. The maximum atomic E-state index is 12.6. The highest BCUT2D eigenvalue weighted by Crippen LogP contribution is 2.29. The number of thioether (sulfide) groups is 1. The Morgan fingerprint density at radius 2 is 1.91 bits per heavy atom. The highest BCUT2D eigenvalue weighted by Gasteiger charge is 2.15. The smallest absolute Gasteiger partial charge is 0.234 e. The third-order valence-corrected chi connectivity index (χ3v) is 5.72. The first-order valence-corrected chi connectivity index (χ1v) is 10.8. The summed E-state index contributed by atoms with van der Waals surface area (Å²) >= 11 is 1.27. The van der Waals surface area contributed by atoms with E-state index in [1.807, 2.05) is 6.92 Å². The molecule has 4 aromatic rings. The first-order chi connectivity index (χ1) is 15.6. The molecule has 10 heteroatoms. The molecule has 0 aliphatic rings. The lowest BCUT2D eigenvalue weighted by Gasteiger charge is -2.11. The van der Waals surface area contributed by atoms with Gasteiger partial charge in [-0.25, -0.2) is 14.6 Å². The van der Waals surface area contributed by atoms with Crippen molar-refractivity contribution in [1.82, 2.24) is 25.0 Å². The molecule has 9 nitrogen and oxygen atoms in total. The van der Waals surface area contributed by atoms with Gasteiger partial charge in [0.25, 0.3) is 0 Å². The van der Waals surface area contributed by atoms with Crippen molar-refractivity contribution >= 4 is 34.5 Å². The number of anilines is 1. The summed E-state index contributed by atoms with van der Waals surface area (Å²) in [5, 5.41) is 11.9. The van der Waals surface area contributed by atoms with Crippen LogP contribution < -0.4 is 14.8 Å². The summed E-state index contributed by atoms with van der Waals surface area (Å²) in [6, 6.07) is 13.4. The maximum Gasteiger partial charge on any atom is 0.234 e. The zero-order valence-corrected chi connectivity index (χ0v) is 18.7. The Bertz CT molecular complexity index is 1240. The largest absolute Gasteiger partial charge is 0.497 e. The van der Waals surface area contributed by atoms with E-state index in [4.69, 9.17) is 9.47 Å². The zero-order chi connectivity index (χ0) is 22.5. The quantitative estimate of drug-likeness (QED) is 0.322. The minimum Gasteiger partial charge on any atom is -0.497 e. The van der Waals surface area contributed by atoms with E-state index in [-0.39, 0.29) is 11.7 Å². The highest BCUT2D eigenvalue weighted by atomic mass is 32.2. The van der Waals surface area contributed by atoms with Gasteiger partial charge >= 0.3 is 0 Å². The van der Waals surface area contributed by atoms with E-state index in [0.29, 0.717) is 39.9 Å². The van der Waals surface area contributed by atoms with E-state index in [1.165, 1.54) is 23.7 Å². The van der Waals surface area contributed by atoms with E-state index >= 15 is 0 Å². The van der Waals surface area contributed by atoms with Crippen molar-refractivity contribution in [2.45, 2.75) is 18.5 Å². The van der Waals surface area contributed by atoms with Gasteiger partial charge in [0, 0.05) is 6.07 Å². The van der Waals surface area contributed by atoms with Crippen molar-refractivity contribution in [3.63, 3.8) is 0 Å². The van der Waals surface area contributed by atoms with Crippen LogP contribution in [0.15, 0.2) is 53.8 Å². The van der Waals surface area contributed by atoms with Crippen LogP contribution in [-0.2, 0) is 11.3 Å². The molecule has 0 fully saturated rings. The number of rotatable bonds is 8. The highest BCUT2D eigenvalue weighted by molar-refractivity contribution is 8.00. The number of hydrogen-bond acceptors (Lipinski definition) is 8. The van der Waals surface area contributed by atoms with Gasteiger partial charge in [-0.2, -0.15) is 0 Å². The molecule has 0 atom stereocenters. The third-order valence-electron chi connectivity index (χ3n) is 4.74. The van der Waals surface area contributed by atoms with Crippen LogP contribution in [0.25, 0.3) is 11.2 Å². The number of carbonyl (C=O) groups excluding carboxylic acids is 1. The van der Waals surface area contributed by atoms with E-state index in [0.717, 1.165) is 5.56 Å². The molecule has 2 aromatic heterocycles. The summed E-state index contributed by atoms with van der Waals surface area (Å²) in [5.74, 6) is 1.10. The molecule has 32 heavy (non-hydrogen) atoms. The van der Waals surface area contributed by atoms with E-state index in [1.54, 1.807) is 37.1 Å². The normalized spacial score (nSPS) is 10.8. The van der Waals surface area contributed by atoms with Gasteiger partial charge in [-0.3, -0.25) is 4.79 Å². The molecule has 2 aromatic carbocycles. The Kier molecular flexibility index (Phi) is 6.50. The van der Waals surface area contributed by atoms with Crippen LogP contribution in [0.3, 0.4) is 0 Å². The molecule has 0 spiro atoms. The second-order valence-corrected chi connectivity index (χ2v) is 7.95. The Morgan fingerprint density at radius 1 is 1.09 bits per heavy atom. The SMILES string of the molecule is COc1ccc(OC)c(NC(=O)CSc2ncnc3c2nnn3Cc2ccc(C)cc2)c1. The van der Waals surface area contributed by atoms with E-state index in [9.17, 15) is 4.79 Å². The fourth-order valence-electron chi connectivity index (χ4n) is 3.08. The van der Waals surface area contributed by atoms with E-state index in [2.05, 4.69) is 49.9 Å². The van der Waals surface area contributed by atoms with E-state index < -0.39 is 0 Å². The van der Waals surface area contributed by atoms with Gasteiger partial charge in [0.05, 0.1) is 32.2 Å². The van der Waals surface area contributed by atoms with Gasteiger partial charge in [-0.05, 0) is 24.6 Å². The van der Waals surface area contributed by atoms with Crippen LogP contribution in [0, 0.1) is 6.92 Å². The van der Waals surface area contributed by atoms with Crippen molar-refractivity contribution in [3.8, 4) is 11.5 Å². The number of nitrogens with one attached hydrogen (secondary N) is 1. The number of methoxy groups -OCH3 is 2. The number of carbonyl (C=O) groups is 1. The molecule has 0 aliphatic heterocycles. The van der Waals surface area contributed by atoms with Crippen molar-refractivity contribution in [1.29, 1.82) is 0 Å². The van der Waals surface area contributed by atoms with Crippen LogP contribution in [0.1, 0.15) is 11.1 Å². The van der Waals surface area contributed by atoms with Gasteiger partial charge < -0.3 is 14.8 Å². The minimum atomic E-state index is -0.208. The number of ether oxygens (including phenoxy) is 2. The summed E-state index contributed by atoms with van der Waals surface area (Å²) in [6.45, 7) is 2.60. The number of hydrogen-bond donors (Lipinski definition) is 1. The molecular formula is C22H22N6O3S. The van der Waals surface area contributed by atoms with Crippen molar-refractivity contribution in [3.05, 3.63) is 59.9 Å². The molecule has 0 saturated heterocycles. The monoisotopic (exact) mass is 450 g/mol. The number of amides is 1. The van der Waals surface area contributed by atoms with Crippen molar-refractivity contribution in [2.24, 2.45) is 0 Å². The zero-order valence-electron chi connectivity index (χ0n) is 17.9. The predicted molar refractivity (Wildman–Crippen MR) is 122 cm³/mol. The van der Waals surface area contributed by atoms with Gasteiger partial charge in [0.2, 0.25) is 5.91 Å². The van der Waals surface area contributed by atoms with Crippen LogP contribution in [0.4, 0.5) is 5.69 Å². The number of aromatic nitrogens is 5. The standard InChI is InChI=1S/C22H22N6O3S/c1-14-4-6-15(7-5-14)11-28-21-20(26-27-28)22(24-13-23-21)32-12-19(29)25-17-10-16(30-2)8-9-18(17)31-3/h4-10,13H,11-12H2,1-3H3,(H,25,29). The molecule has 2 heterocycles. The van der Waals surface area contributed by atoms with Crippen molar-refractivity contribution < 1.29 is 14.3 Å². The Labute approximate surface area is 189 Å². The fourth-order valence-corrected chi connectivity index (χ4v) is 3.81. The maximum absolute atomic E-state index is 12.6. The molecule has 4 rings (SSSR count). The molecule has 0 unspecified atom stereocenters. The summed E-state index contributed by atoms with van der Waals surface area (Å²) in [6.07, 6.45) is 1.46. The van der Waals surface area contributed by atoms with Crippen LogP contribution in [0.2, 0.25) is 0 Å². The van der Waals surface area contributed by atoms with Crippen LogP contribution in [-0.4, -0.2) is 50.8 Å². The minimum absolute atomic E-state index is 0.136. The number of aryl methyl sites for hydroxylation is 1. The van der Waals surface area contributed by atoms with Crippen molar-refractivity contribution in [2.75, 3.05) is 25.3 Å². The topological polar surface area (TPSA) is 104 Å². The molecule has 0 saturated carbocycles. The predicted octanol–water partition coefficient (Wildman–Crippen LogP) is 3.33. The Hall–Kier alpha value is -3.66. The summed E-state index contributed by atoms with van der Waals surface area (Å²) in [4.78, 5) is 21.2. The Balaban J connectivity index is 1.46. The second kappa shape index (κ2) is 9.65. The average Bonchev–Trinajstić information content (AvgIpc) is 3.22. The van der Waals surface area contributed by atoms with Gasteiger partial charge in [0.1, 0.15) is 22.9 Å².